The van der Waals surface area contributed by atoms with Crippen LogP contribution in [-0.2, 0) is 0 Å². The van der Waals surface area contributed by atoms with Gasteiger partial charge in [-0.15, -0.1) is 0 Å². The largest absolute Gasteiger partial charge is 0.372 e. The van der Waals surface area contributed by atoms with Crippen LogP contribution in [0.4, 0.5) is 15.9 Å². The molecule has 1 heterocycles. The molecule has 0 radical (unpaired) electrons. The predicted octanol–water partition coefficient (Wildman–Crippen LogP) is 4.58. The Balaban J connectivity index is 2.37. The number of rotatable bonds is 3. The summed E-state index contributed by atoms with van der Waals surface area (Å²) < 4.78 is 13.9. The van der Waals surface area contributed by atoms with E-state index in [0.29, 0.717) is 4.47 Å². The Hall–Kier alpha value is -1.37. The van der Waals surface area contributed by atoms with Crippen LogP contribution in [0.15, 0.2) is 28.9 Å². The van der Waals surface area contributed by atoms with E-state index in [4.69, 9.17) is 23.2 Å². The highest BCUT2D eigenvalue weighted by Crippen LogP contribution is 2.34. The summed E-state index contributed by atoms with van der Waals surface area (Å²) in [6, 6.07) is 4.26. The standard InChI is InChI=1S/C13H9BrCl2FN3O/c1-18-12-8(4-7(17)5-19-12)13(21)20-11-9(15)2-6(14)3-10(11)16/h2-5H,1H3,(H,18,19)(H,20,21). The molecule has 0 bridgehead atoms. The maximum atomic E-state index is 13.3. The minimum Gasteiger partial charge on any atom is -0.372 e. The van der Waals surface area contributed by atoms with Gasteiger partial charge in [0.1, 0.15) is 11.6 Å². The van der Waals surface area contributed by atoms with Crippen molar-refractivity contribution in [3.63, 3.8) is 0 Å². The van der Waals surface area contributed by atoms with Crippen LogP contribution in [-0.4, -0.2) is 17.9 Å². The fourth-order valence-corrected chi connectivity index (χ4v) is 2.96. The van der Waals surface area contributed by atoms with Crippen molar-refractivity contribution in [3.05, 3.63) is 50.3 Å². The number of hydrogen-bond acceptors (Lipinski definition) is 3. The van der Waals surface area contributed by atoms with Crippen molar-refractivity contribution >= 4 is 56.5 Å². The number of nitrogens with one attached hydrogen (secondary N) is 2. The molecule has 0 unspecified atom stereocenters. The Morgan fingerprint density at radius 1 is 1.29 bits per heavy atom. The fraction of sp³-hybridized carbons (Fsp3) is 0.0769. The van der Waals surface area contributed by atoms with Crippen LogP contribution in [0.25, 0.3) is 0 Å². The van der Waals surface area contributed by atoms with E-state index in [1.165, 1.54) is 0 Å². The second-order valence-electron chi connectivity index (χ2n) is 4.00. The molecule has 0 aliphatic rings. The van der Waals surface area contributed by atoms with Gasteiger partial charge in [0.2, 0.25) is 0 Å². The molecular weight excluding hydrogens is 384 g/mol. The second-order valence-corrected chi connectivity index (χ2v) is 5.73. The molecule has 4 nitrogen and oxygen atoms in total. The summed E-state index contributed by atoms with van der Waals surface area (Å²) in [6.07, 6.45) is 1.02. The molecule has 1 aromatic heterocycles. The maximum absolute atomic E-state index is 13.3. The van der Waals surface area contributed by atoms with Crippen LogP contribution in [0, 0.1) is 5.82 Å². The van der Waals surface area contributed by atoms with E-state index in [0.717, 1.165) is 12.3 Å². The summed E-state index contributed by atoms with van der Waals surface area (Å²) in [7, 11) is 1.58. The number of anilines is 2. The number of aromatic nitrogens is 1. The Morgan fingerprint density at radius 2 is 1.90 bits per heavy atom. The van der Waals surface area contributed by atoms with Gasteiger partial charge in [0.05, 0.1) is 27.5 Å². The lowest BCUT2D eigenvalue weighted by atomic mass is 10.2. The lowest BCUT2D eigenvalue weighted by Crippen LogP contribution is -2.16. The first-order chi connectivity index (χ1) is 9.92. The highest BCUT2D eigenvalue weighted by Gasteiger charge is 2.17. The molecule has 1 amide bonds. The zero-order valence-electron chi connectivity index (χ0n) is 10.7. The maximum Gasteiger partial charge on any atom is 0.259 e. The Morgan fingerprint density at radius 3 is 2.48 bits per heavy atom. The zero-order valence-corrected chi connectivity index (χ0v) is 13.8. The van der Waals surface area contributed by atoms with Crippen molar-refractivity contribution in [2.75, 3.05) is 17.7 Å². The number of halogens is 4. The molecule has 2 N–H and O–H groups in total. The summed E-state index contributed by atoms with van der Waals surface area (Å²) in [5.41, 5.74) is 0.297. The van der Waals surface area contributed by atoms with E-state index in [1.54, 1.807) is 19.2 Å². The average molecular weight is 393 g/mol. The molecule has 0 fully saturated rings. The lowest BCUT2D eigenvalue weighted by Gasteiger charge is -2.12. The number of hydrogen-bond donors (Lipinski definition) is 2. The molecular formula is C13H9BrCl2FN3O. The van der Waals surface area contributed by atoms with Gasteiger partial charge in [0.25, 0.3) is 5.91 Å². The van der Waals surface area contributed by atoms with E-state index < -0.39 is 11.7 Å². The van der Waals surface area contributed by atoms with Crippen LogP contribution in [0.3, 0.4) is 0 Å². The third kappa shape index (κ3) is 3.64. The quantitative estimate of drug-likeness (QED) is 0.803. The average Bonchev–Trinajstić information content (AvgIpc) is 2.42. The van der Waals surface area contributed by atoms with Crippen molar-refractivity contribution in [1.82, 2.24) is 4.98 Å². The molecule has 2 rings (SSSR count). The summed E-state index contributed by atoms with van der Waals surface area (Å²) in [5, 5.41) is 5.79. The topological polar surface area (TPSA) is 54.0 Å². The van der Waals surface area contributed by atoms with Gasteiger partial charge in [0, 0.05) is 11.5 Å². The molecule has 2 aromatic rings. The first kappa shape index (κ1) is 16.0. The summed E-state index contributed by atoms with van der Waals surface area (Å²) in [5.74, 6) is -0.942. The number of amides is 1. The number of carbonyl (C=O) groups is 1. The highest BCUT2D eigenvalue weighted by molar-refractivity contribution is 9.10. The van der Waals surface area contributed by atoms with Gasteiger partial charge in [-0.2, -0.15) is 0 Å². The third-order valence-corrected chi connectivity index (χ3v) is 3.64. The van der Waals surface area contributed by atoms with Gasteiger partial charge < -0.3 is 10.6 Å². The number of pyridine rings is 1. The number of carbonyl (C=O) groups excluding carboxylic acids is 1. The Labute approximate surface area is 138 Å². The molecule has 0 atom stereocenters. The Kier molecular flexibility index (Phi) is 5.03. The van der Waals surface area contributed by atoms with Crippen LogP contribution < -0.4 is 10.6 Å². The minimum atomic E-state index is -0.618. The van der Waals surface area contributed by atoms with E-state index in [2.05, 4.69) is 31.5 Å². The fourth-order valence-electron chi connectivity index (χ4n) is 1.65. The van der Waals surface area contributed by atoms with Gasteiger partial charge in [0.15, 0.2) is 0 Å². The van der Waals surface area contributed by atoms with Crippen LogP contribution >= 0.6 is 39.1 Å². The SMILES string of the molecule is CNc1ncc(F)cc1C(=O)Nc1c(Cl)cc(Br)cc1Cl. The first-order valence-corrected chi connectivity index (χ1v) is 7.26. The van der Waals surface area contributed by atoms with E-state index in [9.17, 15) is 9.18 Å². The van der Waals surface area contributed by atoms with Gasteiger partial charge in [-0.3, -0.25) is 4.79 Å². The van der Waals surface area contributed by atoms with Crippen molar-refractivity contribution in [2.24, 2.45) is 0 Å². The molecule has 0 saturated carbocycles. The molecule has 0 aliphatic carbocycles. The van der Waals surface area contributed by atoms with E-state index in [-0.39, 0.29) is 27.1 Å². The highest BCUT2D eigenvalue weighted by atomic mass is 79.9. The molecule has 110 valence electrons. The van der Waals surface area contributed by atoms with Gasteiger partial charge >= 0.3 is 0 Å². The first-order valence-electron chi connectivity index (χ1n) is 5.71. The van der Waals surface area contributed by atoms with Crippen LogP contribution in [0.2, 0.25) is 10.0 Å². The molecule has 0 spiro atoms. The number of nitrogens with zero attached hydrogens (tertiary/aromatic N) is 1. The summed E-state index contributed by atoms with van der Waals surface area (Å²) in [6.45, 7) is 0. The molecule has 1 aromatic carbocycles. The normalized spacial score (nSPS) is 10.3. The number of benzene rings is 1. The smallest absolute Gasteiger partial charge is 0.259 e. The summed E-state index contributed by atoms with van der Waals surface area (Å²) >= 11 is 15.3. The van der Waals surface area contributed by atoms with E-state index in [1.807, 2.05) is 0 Å². The lowest BCUT2D eigenvalue weighted by molar-refractivity contribution is 0.102. The Bertz CT molecular complexity index is 689. The predicted molar refractivity (Wildman–Crippen MR) is 85.9 cm³/mol. The molecule has 0 aliphatic heterocycles. The molecule has 21 heavy (non-hydrogen) atoms. The zero-order chi connectivity index (χ0) is 15.6. The van der Waals surface area contributed by atoms with Crippen LogP contribution in [0.1, 0.15) is 10.4 Å². The second kappa shape index (κ2) is 6.60. The van der Waals surface area contributed by atoms with Gasteiger partial charge in [-0.05, 0) is 18.2 Å². The molecule has 0 saturated heterocycles. The van der Waals surface area contributed by atoms with Crippen LogP contribution in [0.5, 0.6) is 0 Å². The van der Waals surface area contributed by atoms with Crippen molar-refractivity contribution < 1.29 is 9.18 Å². The van der Waals surface area contributed by atoms with Gasteiger partial charge in [-0.25, -0.2) is 9.37 Å². The molecule has 8 heteroatoms. The monoisotopic (exact) mass is 391 g/mol. The van der Waals surface area contributed by atoms with E-state index >= 15 is 0 Å². The van der Waals surface area contributed by atoms with Crippen molar-refractivity contribution in [3.8, 4) is 0 Å². The minimum absolute atomic E-state index is 0.0487. The summed E-state index contributed by atoms with van der Waals surface area (Å²) in [4.78, 5) is 16.0. The van der Waals surface area contributed by atoms with Gasteiger partial charge in [-0.1, -0.05) is 39.1 Å². The van der Waals surface area contributed by atoms with Crippen molar-refractivity contribution in [1.29, 1.82) is 0 Å². The van der Waals surface area contributed by atoms with Crippen molar-refractivity contribution in [2.45, 2.75) is 0 Å². The third-order valence-electron chi connectivity index (χ3n) is 2.58.